The van der Waals surface area contributed by atoms with Gasteiger partial charge in [0.1, 0.15) is 0 Å². The molecule has 0 aromatic rings. The molecule has 0 unspecified atom stereocenters. The first-order valence-electron chi connectivity index (χ1n) is 2.06. The van der Waals surface area contributed by atoms with E-state index >= 15 is 0 Å². The highest BCUT2D eigenvalue weighted by Crippen LogP contribution is 1.87. The minimum atomic E-state index is 0. The van der Waals surface area contributed by atoms with E-state index in [1.165, 1.54) is 0 Å². The second-order valence-electron chi connectivity index (χ2n) is 1.26. The molecule has 1 N–H and O–H groups in total. The third-order valence-electron chi connectivity index (χ3n) is 0.744. The Morgan fingerprint density at radius 2 is 1.88 bits per heavy atom. The van der Waals surface area contributed by atoms with Gasteiger partial charge in [-0.25, -0.2) is 0 Å². The van der Waals surface area contributed by atoms with E-state index in [4.69, 9.17) is 5.41 Å². The van der Waals surface area contributed by atoms with Crippen molar-refractivity contribution in [1.29, 1.82) is 5.41 Å². The van der Waals surface area contributed by atoms with Crippen LogP contribution in [0, 0.1) is 5.41 Å². The van der Waals surface area contributed by atoms with E-state index in [-0.39, 0.29) is 24.8 Å². The molecule has 0 aromatic heterocycles. The number of hydrogen-bond acceptors (Lipinski definition) is 1. The van der Waals surface area contributed by atoms with Crippen LogP contribution >= 0.6 is 24.8 Å². The molecule has 0 aliphatic heterocycles. The molecule has 0 aromatic carbocycles. The lowest BCUT2D eigenvalue weighted by atomic mass is 10.3. The maximum absolute atomic E-state index is 6.52. The monoisotopic (exact) mass is 155 g/mol. The van der Waals surface area contributed by atoms with E-state index in [2.05, 4.69) is 5.87 Å². The normalized spacial score (nSPS) is 5.25. The molecule has 0 heterocycles. The zero-order chi connectivity index (χ0) is 4.99. The van der Waals surface area contributed by atoms with E-state index in [9.17, 15) is 0 Å². The summed E-state index contributed by atoms with van der Waals surface area (Å²) in [7, 11) is 0. The quantitative estimate of drug-likeness (QED) is 0.563. The Bertz CT molecular complexity index is 84.4. The summed E-state index contributed by atoms with van der Waals surface area (Å²) in [4.78, 5) is 0. The van der Waals surface area contributed by atoms with Crippen LogP contribution in [-0.2, 0) is 0 Å². The molecule has 0 radical (unpaired) electrons. The summed E-state index contributed by atoms with van der Waals surface area (Å²) in [5.74, 6) is 2.28. The second kappa shape index (κ2) is 10.1. The Morgan fingerprint density at radius 3 is 1.88 bits per heavy atom. The molecule has 0 saturated carbocycles. The highest BCUT2D eigenvalue weighted by atomic mass is 35.5. The van der Waals surface area contributed by atoms with E-state index in [0.717, 1.165) is 12.0 Å². The van der Waals surface area contributed by atoms with Gasteiger partial charge in [0, 0.05) is 0 Å². The van der Waals surface area contributed by atoms with Crippen LogP contribution in [0.15, 0.2) is 5.57 Å². The van der Waals surface area contributed by atoms with Crippen molar-refractivity contribution >= 4 is 30.7 Å². The van der Waals surface area contributed by atoms with Gasteiger partial charge in [0.2, 0.25) is 0 Å². The van der Waals surface area contributed by atoms with Crippen LogP contribution in [0.2, 0.25) is 0 Å². The van der Waals surface area contributed by atoms with Crippen LogP contribution in [0.4, 0.5) is 0 Å². The Hall–Kier alpha value is 0.0300. The molecule has 50 valence electrons. The molecule has 0 rings (SSSR count). The van der Waals surface area contributed by atoms with Crippen LogP contribution in [0.1, 0.15) is 20.3 Å². The highest BCUT2D eigenvalue weighted by Gasteiger charge is 1.73. The van der Waals surface area contributed by atoms with Crippen molar-refractivity contribution in [1.82, 2.24) is 0 Å². The Labute approximate surface area is 62.5 Å². The lowest BCUT2D eigenvalue weighted by Gasteiger charge is -1.78. The summed E-state index contributed by atoms with van der Waals surface area (Å²) < 4.78 is 0. The van der Waals surface area contributed by atoms with E-state index in [1.54, 1.807) is 0 Å². The fraction of sp³-hybridized carbons (Fsp3) is 0.600. The van der Waals surface area contributed by atoms with Gasteiger partial charge >= 0.3 is 0 Å². The maximum Gasteiger partial charge on any atom is -0.0128 e. The van der Waals surface area contributed by atoms with Crippen molar-refractivity contribution in [2.24, 2.45) is 0 Å². The van der Waals surface area contributed by atoms with Gasteiger partial charge in [-0.3, -0.25) is 5.41 Å². The molecule has 0 aliphatic carbocycles. The highest BCUT2D eigenvalue weighted by molar-refractivity contribution is 5.85. The number of halogens is 2. The number of hydrogen-bond donors (Lipinski definition) is 1. The molecule has 0 bridgehead atoms. The van der Waals surface area contributed by atoms with Gasteiger partial charge in [-0.1, -0.05) is 6.92 Å². The molecule has 0 saturated heterocycles. The minimum absolute atomic E-state index is 0. The van der Waals surface area contributed by atoms with Gasteiger partial charge in [-0.15, -0.1) is 24.8 Å². The van der Waals surface area contributed by atoms with Crippen LogP contribution in [0.3, 0.4) is 0 Å². The molecule has 3 heteroatoms. The smallest absolute Gasteiger partial charge is 0.0128 e. The summed E-state index contributed by atoms with van der Waals surface area (Å²) in [6.45, 7) is 3.91. The van der Waals surface area contributed by atoms with Crippen molar-refractivity contribution in [3.05, 3.63) is 5.57 Å². The van der Waals surface area contributed by atoms with E-state index in [0.29, 0.717) is 0 Å². The lowest BCUT2D eigenvalue weighted by Crippen LogP contribution is -1.66. The largest absolute Gasteiger partial charge is 0.259 e. The molecule has 8 heavy (non-hydrogen) atoms. The fourth-order valence-electron chi connectivity index (χ4n) is 0.0884. The van der Waals surface area contributed by atoms with E-state index < -0.39 is 0 Å². The number of nitrogens with one attached hydrogen (secondary N) is 1. The van der Waals surface area contributed by atoms with Crippen LogP contribution in [0.5, 0.6) is 0 Å². The first kappa shape index (κ1) is 15.7. The molecular formula is C5H11Cl2N. The number of allylic oxidation sites excluding steroid dienone is 1. The first-order chi connectivity index (χ1) is 2.81. The topological polar surface area (TPSA) is 23.9 Å². The summed E-state index contributed by atoms with van der Waals surface area (Å²) in [6.07, 6.45) is 0.948. The predicted molar refractivity (Wildman–Crippen MR) is 41.7 cm³/mol. The number of rotatable bonds is 1. The summed E-state index contributed by atoms with van der Waals surface area (Å²) in [5, 5.41) is 6.52. The Balaban J connectivity index is -0.000000125. The Kier molecular flexibility index (Phi) is 19.8. The van der Waals surface area contributed by atoms with Crippen LogP contribution < -0.4 is 0 Å². The molecule has 0 fully saturated rings. The molecule has 0 spiro atoms. The zero-order valence-electron chi connectivity index (χ0n) is 5.02. The molecular weight excluding hydrogens is 145 g/mol. The maximum atomic E-state index is 6.52. The molecule has 0 amide bonds. The Morgan fingerprint density at radius 1 is 1.50 bits per heavy atom. The average molecular weight is 156 g/mol. The fourth-order valence-corrected chi connectivity index (χ4v) is 0.0884. The van der Waals surface area contributed by atoms with Gasteiger partial charge in [-0.2, -0.15) is 0 Å². The van der Waals surface area contributed by atoms with Gasteiger partial charge in [-0.05, 0) is 24.8 Å². The van der Waals surface area contributed by atoms with Gasteiger partial charge in [0.15, 0.2) is 0 Å². The summed E-state index contributed by atoms with van der Waals surface area (Å²) in [6, 6.07) is 0. The third-order valence-corrected chi connectivity index (χ3v) is 0.744. The van der Waals surface area contributed by atoms with Gasteiger partial charge in [0.05, 0.1) is 0 Å². The van der Waals surface area contributed by atoms with E-state index in [1.807, 2.05) is 13.8 Å². The lowest BCUT2D eigenvalue weighted by molar-refractivity contribution is 1.12. The van der Waals surface area contributed by atoms with Crippen molar-refractivity contribution in [2.45, 2.75) is 20.3 Å². The zero-order valence-corrected chi connectivity index (χ0v) is 6.66. The second-order valence-corrected chi connectivity index (χ2v) is 1.26. The van der Waals surface area contributed by atoms with Crippen molar-refractivity contribution in [2.75, 3.05) is 0 Å². The van der Waals surface area contributed by atoms with Crippen molar-refractivity contribution < 1.29 is 0 Å². The summed E-state index contributed by atoms with van der Waals surface area (Å²) >= 11 is 0. The van der Waals surface area contributed by atoms with Crippen molar-refractivity contribution in [3.8, 4) is 0 Å². The van der Waals surface area contributed by atoms with Crippen LogP contribution in [-0.4, -0.2) is 5.87 Å². The molecule has 0 aliphatic rings. The first-order valence-corrected chi connectivity index (χ1v) is 2.06. The van der Waals surface area contributed by atoms with Crippen molar-refractivity contribution in [3.63, 3.8) is 0 Å². The summed E-state index contributed by atoms with van der Waals surface area (Å²) in [5.41, 5.74) is 1.01. The third kappa shape index (κ3) is 9.39. The van der Waals surface area contributed by atoms with Crippen LogP contribution in [0.25, 0.3) is 0 Å². The molecule has 1 nitrogen and oxygen atoms in total. The molecule has 0 atom stereocenters. The SMILES string of the molecule is CCC(C)=C=N.Cl.Cl. The minimum Gasteiger partial charge on any atom is -0.259 e. The standard InChI is InChI=1S/C5H9N.2ClH/c1-3-5(2)4-6;;/h6H,3H2,1-2H3;2*1H. The van der Waals surface area contributed by atoms with Gasteiger partial charge in [0.25, 0.3) is 0 Å². The average Bonchev–Trinajstić information content (AvgIpc) is 1.65. The van der Waals surface area contributed by atoms with Gasteiger partial charge < -0.3 is 0 Å². The predicted octanol–water partition coefficient (Wildman–Crippen LogP) is 2.43.